The zero-order valence-corrected chi connectivity index (χ0v) is 12.1. The highest BCUT2D eigenvalue weighted by atomic mass is 16.3. The van der Waals surface area contributed by atoms with Gasteiger partial charge in [0.15, 0.2) is 0 Å². The van der Waals surface area contributed by atoms with Crippen molar-refractivity contribution in [2.24, 2.45) is 0 Å². The summed E-state index contributed by atoms with van der Waals surface area (Å²) in [5.41, 5.74) is 0.747. The molecular weight excluding hydrogens is 256 g/mol. The van der Waals surface area contributed by atoms with Crippen molar-refractivity contribution >= 4 is 11.7 Å². The first-order chi connectivity index (χ1) is 9.74. The number of aromatic nitrogens is 2. The lowest BCUT2D eigenvalue weighted by atomic mass is 10.3. The average Bonchev–Trinajstić information content (AvgIpc) is 3.17. The minimum absolute atomic E-state index is 0.0542. The summed E-state index contributed by atoms with van der Waals surface area (Å²) < 4.78 is 1.84. The molecule has 1 aliphatic rings. The Morgan fingerprint density at radius 2 is 2.35 bits per heavy atom. The molecule has 0 saturated heterocycles. The lowest BCUT2D eigenvalue weighted by Gasteiger charge is -2.22. The van der Waals surface area contributed by atoms with Gasteiger partial charge >= 0.3 is 6.03 Å². The quantitative estimate of drug-likeness (QED) is 0.716. The topological polar surface area (TPSA) is 70.4 Å². The summed E-state index contributed by atoms with van der Waals surface area (Å²) in [6.45, 7) is 3.85. The molecule has 20 heavy (non-hydrogen) atoms. The van der Waals surface area contributed by atoms with E-state index in [1.54, 1.807) is 6.20 Å². The van der Waals surface area contributed by atoms with E-state index < -0.39 is 0 Å². The van der Waals surface area contributed by atoms with Gasteiger partial charge in [0.1, 0.15) is 0 Å². The third-order valence-electron chi connectivity index (χ3n) is 3.39. The molecule has 0 bridgehead atoms. The van der Waals surface area contributed by atoms with Crippen molar-refractivity contribution in [2.75, 3.05) is 18.5 Å². The highest BCUT2D eigenvalue weighted by molar-refractivity contribution is 5.89. The molecule has 2 amide bonds. The lowest BCUT2D eigenvalue weighted by Crippen LogP contribution is -2.37. The van der Waals surface area contributed by atoms with Crippen LogP contribution in [0.15, 0.2) is 12.4 Å². The zero-order valence-electron chi connectivity index (χ0n) is 12.1. The lowest BCUT2D eigenvalue weighted by molar-refractivity contribution is 0.204. The van der Waals surface area contributed by atoms with Crippen molar-refractivity contribution < 1.29 is 9.90 Å². The Morgan fingerprint density at radius 1 is 1.55 bits per heavy atom. The Labute approximate surface area is 119 Å². The van der Waals surface area contributed by atoms with E-state index in [1.165, 1.54) is 0 Å². The van der Waals surface area contributed by atoms with Crippen LogP contribution in [0.25, 0.3) is 0 Å². The van der Waals surface area contributed by atoms with Crippen molar-refractivity contribution in [1.82, 2.24) is 14.7 Å². The van der Waals surface area contributed by atoms with E-state index in [0.29, 0.717) is 12.6 Å². The molecule has 1 heterocycles. The molecule has 0 unspecified atom stereocenters. The first-order valence-electron chi connectivity index (χ1n) is 7.45. The largest absolute Gasteiger partial charge is 0.396 e. The Kier molecular flexibility index (Phi) is 5.40. The van der Waals surface area contributed by atoms with Gasteiger partial charge in [-0.05, 0) is 32.1 Å². The van der Waals surface area contributed by atoms with Crippen LogP contribution in [0.5, 0.6) is 0 Å². The summed E-state index contributed by atoms with van der Waals surface area (Å²) in [5.74, 6) is 0. The zero-order chi connectivity index (χ0) is 14.4. The van der Waals surface area contributed by atoms with Gasteiger partial charge in [0.2, 0.25) is 0 Å². The molecule has 0 radical (unpaired) electrons. The first-order valence-corrected chi connectivity index (χ1v) is 7.45. The fraction of sp³-hybridized carbons (Fsp3) is 0.714. The number of aliphatic hydroxyl groups is 1. The molecule has 0 spiro atoms. The van der Waals surface area contributed by atoms with Crippen LogP contribution < -0.4 is 5.32 Å². The van der Waals surface area contributed by atoms with Crippen molar-refractivity contribution in [3.8, 4) is 0 Å². The second-order valence-corrected chi connectivity index (χ2v) is 5.28. The molecule has 1 aromatic heterocycles. The van der Waals surface area contributed by atoms with Gasteiger partial charge in [0, 0.05) is 31.9 Å². The van der Waals surface area contributed by atoms with Gasteiger partial charge in [-0.25, -0.2) is 4.79 Å². The fourth-order valence-electron chi connectivity index (χ4n) is 2.20. The monoisotopic (exact) mass is 280 g/mol. The third kappa shape index (κ3) is 4.23. The van der Waals surface area contributed by atoms with Gasteiger partial charge in [-0.1, -0.05) is 6.92 Å². The number of anilines is 1. The number of hydrogen-bond donors (Lipinski definition) is 2. The number of nitrogens with one attached hydrogen (secondary N) is 1. The van der Waals surface area contributed by atoms with Crippen LogP contribution in [-0.4, -0.2) is 45.0 Å². The van der Waals surface area contributed by atoms with E-state index in [4.69, 9.17) is 5.11 Å². The minimum Gasteiger partial charge on any atom is -0.396 e. The summed E-state index contributed by atoms with van der Waals surface area (Å²) in [7, 11) is 0. The number of unbranched alkanes of at least 4 members (excludes halogenated alkanes) is 1. The maximum absolute atomic E-state index is 12.3. The minimum atomic E-state index is -0.0542. The van der Waals surface area contributed by atoms with E-state index in [2.05, 4.69) is 17.3 Å². The normalized spacial score (nSPS) is 14.3. The summed E-state index contributed by atoms with van der Waals surface area (Å²) in [5, 5.41) is 15.9. The molecule has 1 fully saturated rings. The van der Waals surface area contributed by atoms with Crippen molar-refractivity contribution in [1.29, 1.82) is 0 Å². The summed E-state index contributed by atoms with van der Waals surface area (Å²) in [6, 6.07) is 0.320. The molecule has 1 saturated carbocycles. The van der Waals surface area contributed by atoms with Gasteiger partial charge in [0.25, 0.3) is 0 Å². The van der Waals surface area contributed by atoms with Crippen LogP contribution in [0.1, 0.15) is 39.0 Å². The van der Waals surface area contributed by atoms with Gasteiger partial charge in [-0.2, -0.15) is 5.10 Å². The Hall–Kier alpha value is -1.56. The average molecular weight is 280 g/mol. The number of urea groups is 1. The number of rotatable bonds is 8. The summed E-state index contributed by atoms with van der Waals surface area (Å²) >= 11 is 0. The van der Waals surface area contributed by atoms with Crippen molar-refractivity contribution in [3.05, 3.63) is 12.4 Å². The van der Waals surface area contributed by atoms with Crippen LogP contribution in [0.4, 0.5) is 10.5 Å². The van der Waals surface area contributed by atoms with Gasteiger partial charge in [-0.3, -0.25) is 4.68 Å². The van der Waals surface area contributed by atoms with Gasteiger partial charge < -0.3 is 15.3 Å². The predicted molar refractivity (Wildman–Crippen MR) is 77.6 cm³/mol. The smallest absolute Gasteiger partial charge is 0.322 e. The van der Waals surface area contributed by atoms with E-state index in [0.717, 1.165) is 44.3 Å². The Bertz CT molecular complexity index is 429. The maximum atomic E-state index is 12.3. The number of carbonyl (C=O) groups excluding carboxylic acids is 1. The summed E-state index contributed by atoms with van der Waals surface area (Å²) in [4.78, 5) is 14.2. The van der Waals surface area contributed by atoms with Crippen LogP contribution >= 0.6 is 0 Å². The van der Waals surface area contributed by atoms with Gasteiger partial charge in [-0.15, -0.1) is 0 Å². The number of aryl methyl sites for hydroxylation is 1. The van der Waals surface area contributed by atoms with Crippen LogP contribution in [0, 0.1) is 0 Å². The molecule has 2 rings (SSSR count). The SMILES string of the molecule is CCCn1cc(NC(=O)N(CCCCO)C2CC2)cn1. The molecule has 1 aromatic rings. The molecule has 6 nitrogen and oxygen atoms in total. The second-order valence-electron chi connectivity index (χ2n) is 5.28. The molecule has 1 aliphatic carbocycles. The van der Waals surface area contributed by atoms with Gasteiger partial charge in [0.05, 0.1) is 11.9 Å². The van der Waals surface area contributed by atoms with E-state index in [1.807, 2.05) is 15.8 Å². The molecular formula is C14H24N4O2. The third-order valence-corrected chi connectivity index (χ3v) is 3.39. The van der Waals surface area contributed by atoms with Crippen molar-refractivity contribution in [3.63, 3.8) is 0 Å². The predicted octanol–water partition coefficient (Wildman–Crippen LogP) is 2.06. The maximum Gasteiger partial charge on any atom is 0.322 e. The molecule has 0 atom stereocenters. The molecule has 0 aromatic carbocycles. The highest BCUT2D eigenvalue weighted by Crippen LogP contribution is 2.27. The Morgan fingerprint density at radius 3 is 3.00 bits per heavy atom. The molecule has 2 N–H and O–H groups in total. The number of hydrogen-bond acceptors (Lipinski definition) is 3. The van der Waals surface area contributed by atoms with Crippen LogP contribution in [-0.2, 0) is 6.54 Å². The first kappa shape index (κ1) is 14.8. The van der Waals surface area contributed by atoms with Crippen molar-refractivity contribution in [2.45, 2.75) is 51.6 Å². The number of carbonyl (C=O) groups is 1. The Balaban J connectivity index is 1.86. The van der Waals surface area contributed by atoms with Crippen LogP contribution in [0.3, 0.4) is 0 Å². The fourth-order valence-corrected chi connectivity index (χ4v) is 2.20. The van der Waals surface area contributed by atoms with E-state index in [-0.39, 0.29) is 12.6 Å². The molecule has 0 aliphatic heterocycles. The second kappa shape index (κ2) is 7.28. The van der Waals surface area contributed by atoms with E-state index >= 15 is 0 Å². The molecule has 112 valence electrons. The molecule has 6 heteroatoms. The number of aliphatic hydroxyl groups excluding tert-OH is 1. The number of nitrogens with zero attached hydrogens (tertiary/aromatic N) is 3. The van der Waals surface area contributed by atoms with E-state index in [9.17, 15) is 4.79 Å². The standard InChI is InChI=1S/C14H24N4O2/c1-2-7-17-11-12(10-15-17)16-14(20)18(13-5-6-13)8-3-4-9-19/h10-11,13,19H,2-9H2,1H3,(H,16,20). The number of amides is 2. The highest BCUT2D eigenvalue weighted by Gasteiger charge is 2.32. The summed E-state index contributed by atoms with van der Waals surface area (Å²) in [6.07, 6.45) is 8.32. The van der Waals surface area contributed by atoms with Crippen LogP contribution in [0.2, 0.25) is 0 Å².